The average Bonchev–Trinajstić information content (AvgIpc) is 2.18. The maximum absolute atomic E-state index is 5.04. The van der Waals surface area contributed by atoms with Crippen LogP contribution in [0, 0.1) is 23.5 Å². The molecule has 0 aliphatic heterocycles. The lowest BCUT2D eigenvalue weighted by atomic mass is 9.87. The Morgan fingerprint density at radius 1 is 1.13 bits per heavy atom. The lowest BCUT2D eigenvalue weighted by Gasteiger charge is -2.18. The molecule has 76 valence electrons. The molecule has 0 aromatic heterocycles. The molecule has 0 amide bonds. The summed E-state index contributed by atoms with van der Waals surface area (Å²) in [6.07, 6.45) is 5.04. The molecule has 0 nitrogen and oxygen atoms in total. The average molecular weight is 214 g/mol. The van der Waals surface area contributed by atoms with E-state index in [1.165, 1.54) is 17.3 Å². The molecule has 0 saturated heterocycles. The monoisotopic (exact) mass is 214 g/mol. The topological polar surface area (TPSA) is 0 Å². The van der Waals surface area contributed by atoms with Gasteiger partial charge in [-0.2, -0.15) is 0 Å². The van der Waals surface area contributed by atoms with Crippen LogP contribution in [0.5, 0.6) is 0 Å². The Labute approximate surface area is 96.5 Å². The van der Waals surface area contributed by atoms with E-state index >= 15 is 0 Å². The number of hydrogen-bond donors (Lipinski definition) is 0. The Hall–Kier alpha value is -1.31. The van der Waals surface area contributed by atoms with Crippen LogP contribution in [0.3, 0.4) is 0 Å². The summed E-state index contributed by atoms with van der Waals surface area (Å²) in [7, 11) is 0. The van der Waals surface area contributed by atoms with Gasteiger partial charge in [-0.25, -0.2) is 0 Å². The summed E-state index contributed by atoms with van der Waals surface area (Å²) in [6, 6.07) is 8.44. The molecule has 1 heteroatoms. The molecule has 0 spiro atoms. The van der Waals surface area contributed by atoms with E-state index in [2.05, 4.69) is 62.1 Å². The number of rotatable bonds is 1. The van der Waals surface area contributed by atoms with E-state index in [1.54, 1.807) is 0 Å². The Morgan fingerprint density at radius 2 is 1.73 bits per heavy atom. The minimum Gasteiger partial charge on any atom is -0.106 e. The van der Waals surface area contributed by atoms with Gasteiger partial charge in [0.2, 0.25) is 0 Å². The minimum absolute atomic E-state index is 0.202. The van der Waals surface area contributed by atoms with E-state index in [-0.39, 0.29) is 5.41 Å². The van der Waals surface area contributed by atoms with Crippen LogP contribution in [-0.4, -0.2) is 0 Å². The van der Waals surface area contributed by atoms with Crippen LogP contribution < -0.4 is 0 Å². The summed E-state index contributed by atoms with van der Waals surface area (Å²) in [5, 5.41) is 2.84. The summed E-state index contributed by atoms with van der Waals surface area (Å²) >= 11 is 1.46. The third kappa shape index (κ3) is 3.74. The van der Waals surface area contributed by atoms with Crippen molar-refractivity contribution in [2.45, 2.75) is 31.1 Å². The summed E-state index contributed by atoms with van der Waals surface area (Å²) in [4.78, 5) is 1.13. The van der Waals surface area contributed by atoms with Crippen molar-refractivity contribution < 1.29 is 0 Å². The second-order valence-electron chi connectivity index (χ2n) is 4.25. The van der Waals surface area contributed by atoms with Gasteiger partial charge < -0.3 is 0 Å². The third-order valence-electron chi connectivity index (χ3n) is 2.01. The highest BCUT2D eigenvalue weighted by Crippen LogP contribution is 2.25. The number of hydrogen-bond acceptors (Lipinski definition) is 1. The predicted octanol–water partition coefficient (Wildman–Crippen LogP) is 3.67. The quantitative estimate of drug-likeness (QED) is 0.508. The Morgan fingerprint density at radius 3 is 2.20 bits per heavy atom. The fraction of sp³-hybridized carbons (Fsp3) is 0.286. The molecule has 0 N–H and O–H groups in total. The normalized spacial score (nSPS) is 10.0. The Bertz CT molecular complexity index is 416. The van der Waals surface area contributed by atoms with Crippen molar-refractivity contribution in [2.24, 2.45) is 0 Å². The number of thioether (sulfide) groups is 1. The minimum atomic E-state index is 0.202. The SMILES string of the molecule is C#CC#CSc1ccc(C(C)(C)C)cc1. The van der Waals surface area contributed by atoms with Gasteiger partial charge in [-0.05, 0) is 52.0 Å². The van der Waals surface area contributed by atoms with Crippen molar-refractivity contribution in [2.75, 3.05) is 0 Å². The smallest absolute Gasteiger partial charge is 0.0203 e. The molecular formula is C14H14S. The van der Waals surface area contributed by atoms with Crippen molar-refractivity contribution in [1.29, 1.82) is 0 Å². The summed E-state index contributed by atoms with van der Waals surface area (Å²) < 4.78 is 0. The maximum Gasteiger partial charge on any atom is 0.0203 e. The fourth-order valence-corrected chi connectivity index (χ4v) is 1.64. The molecule has 0 fully saturated rings. The van der Waals surface area contributed by atoms with Gasteiger partial charge in [-0.15, -0.1) is 6.42 Å². The highest BCUT2D eigenvalue weighted by molar-refractivity contribution is 8.03. The zero-order valence-corrected chi connectivity index (χ0v) is 10.1. The maximum atomic E-state index is 5.04. The first-order chi connectivity index (χ1) is 7.04. The number of benzene rings is 1. The van der Waals surface area contributed by atoms with Crippen LogP contribution in [0.15, 0.2) is 29.2 Å². The first-order valence-corrected chi connectivity index (χ1v) is 5.58. The fourth-order valence-electron chi connectivity index (χ4n) is 1.14. The van der Waals surface area contributed by atoms with Crippen molar-refractivity contribution >= 4 is 11.8 Å². The standard InChI is InChI=1S/C14H14S/c1-5-6-11-15-13-9-7-12(8-10-13)14(2,3)4/h1,7-10H,2-4H3. The van der Waals surface area contributed by atoms with Crippen LogP contribution in [0.4, 0.5) is 0 Å². The van der Waals surface area contributed by atoms with Gasteiger partial charge in [-0.3, -0.25) is 0 Å². The van der Waals surface area contributed by atoms with Crippen LogP contribution in [0.25, 0.3) is 0 Å². The van der Waals surface area contributed by atoms with E-state index in [0.29, 0.717) is 0 Å². The third-order valence-corrected chi connectivity index (χ3v) is 2.72. The highest BCUT2D eigenvalue weighted by Gasteiger charge is 2.12. The second-order valence-corrected chi connectivity index (χ2v) is 5.13. The molecule has 1 rings (SSSR count). The van der Waals surface area contributed by atoms with E-state index in [4.69, 9.17) is 6.42 Å². The molecule has 0 atom stereocenters. The van der Waals surface area contributed by atoms with Crippen molar-refractivity contribution in [3.8, 4) is 23.5 Å². The molecular weight excluding hydrogens is 200 g/mol. The first kappa shape index (κ1) is 11.8. The summed E-state index contributed by atoms with van der Waals surface area (Å²) in [6.45, 7) is 6.61. The second kappa shape index (κ2) is 4.96. The van der Waals surface area contributed by atoms with Crippen LogP contribution >= 0.6 is 11.8 Å². The summed E-state index contributed by atoms with van der Waals surface area (Å²) in [5.41, 5.74) is 1.53. The van der Waals surface area contributed by atoms with Gasteiger partial charge in [0, 0.05) is 4.90 Å². The van der Waals surface area contributed by atoms with E-state index in [9.17, 15) is 0 Å². The molecule has 0 saturated carbocycles. The Balaban J connectivity index is 2.78. The van der Waals surface area contributed by atoms with E-state index in [1.807, 2.05) is 0 Å². The Kier molecular flexibility index (Phi) is 3.89. The molecule has 1 aromatic carbocycles. The van der Waals surface area contributed by atoms with Crippen LogP contribution in [0.2, 0.25) is 0 Å². The molecule has 0 heterocycles. The van der Waals surface area contributed by atoms with Crippen molar-refractivity contribution in [3.63, 3.8) is 0 Å². The van der Waals surface area contributed by atoms with Gasteiger partial charge in [0.25, 0.3) is 0 Å². The van der Waals surface area contributed by atoms with Gasteiger partial charge in [-0.1, -0.05) is 32.9 Å². The van der Waals surface area contributed by atoms with Gasteiger partial charge >= 0.3 is 0 Å². The molecule has 0 radical (unpaired) electrons. The number of terminal acetylenes is 1. The van der Waals surface area contributed by atoms with Crippen LogP contribution in [0.1, 0.15) is 26.3 Å². The van der Waals surface area contributed by atoms with Crippen molar-refractivity contribution in [3.05, 3.63) is 29.8 Å². The van der Waals surface area contributed by atoms with E-state index < -0.39 is 0 Å². The van der Waals surface area contributed by atoms with Crippen LogP contribution in [-0.2, 0) is 5.41 Å². The highest BCUT2D eigenvalue weighted by atomic mass is 32.2. The van der Waals surface area contributed by atoms with Gasteiger partial charge in [0.15, 0.2) is 0 Å². The molecule has 0 bridgehead atoms. The van der Waals surface area contributed by atoms with Gasteiger partial charge in [0.05, 0.1) is 0 Å². The molecule has 0 aliphatic rings. The summed E-state index contributed by atoms with van der Waals surface area (Å²) in [5.74, 6) is 4.87. The van der Waals surface area contributed by atoms with Crippen molar-refractivity contribution in [1.82, 2.24) is 0 Å². The molecule has 1 aromatic rings. The largest absolute Gasteiger partial charge is 0.106 e. The van der Waals surface area contributed by atoms with Gasteiger partial charge in [0.1, 0.15) is 0 Å². The van der Waals surface area contributed by atoms with E-state index in [0.717, 1.165) is 4.90 Å². The lowest BCUT2D eigenvalue weighted by Crippen LogP contribution is -2.10. The zero-order valence-electron chi connectivity index (χ0n) is 9.29. The molecule has 0 unspecified atom stereocenters. The molecule has 15 heavy (non-hydrogen) atoms. The lowest BCUT2D eigenvalue weighted by molar-refractivity contribution is 0.590. The first-order valence-electron chi connectivity index (χ1n) is 4.77. The zero-order chi connectivity index (χ0) is 11.3. The molecule has 0 aliphatic carbocycles. The predicted molar refractivity (Wildman–Crippen MR) is 67.6 cm³/mol.